The molecule has 3 aliphatic rings. The fourth-order valence-electron chi connectivity index (χ4n) is 3.80. The molecule has 1 N–H and O–H groups in total. The SMILES string of the molecule is CC(NC(=O)N1Cc2cccnc2N2CCC[C@H]2C1)C1CC1. The highest BCUT2D eigenvalue weighted by Crippen LogP contribution is 2.33. The van der Waals surface area contributed by atoms with Crippen LogP contribution in [0.1, 0.15) is 38.2 Å². The number of urea groups is 1. The Bertz CT molecular complexity index is 572. The monoisotopic (exact) mass is 300 g/mol. The van der Waals surface area contributed by atoms with Crippen molar-refractivity contribution in [1.82, 2.24) is 15.2 Å². The van der Waals surface area contributed by atoms with Crippen LogP contribution in [0.5, 0.6) is 0 Å². The fraction of sp³-hybridized carbons (Fsp3) is 0.647. The molecule has 22 heavy (non-hydrogen) atoms. The first-order valence-corrected chi connectivity index (χ1v) is 8.48. The molecule has 4 rings (SSSR count). The van der Waals surface area contributed by atoms with Gasteiger partial charge in [0.15, 0.2) is 0 Å². The second kappa shape index (κ2) is 5.45. The zero-order chi connectivity index (χ0) is 15.1. The lowest BCUT2D eigenvalue weighted by Gasteiger charge is -2.28. The first-order chi connectivity index (χ1) is 10.7. The average Bonchev–Trinajstić information content (AvgIpc) is 3.30. The molecular weight excluding hydrogens is 276 g/mol. The lowest BCUT2D eigenvalue weighted by Crippen LogP contribution is -2.47. The van der Waals surface area contributed by atoms with Gasteiger partial charge in [-0.2, -0.15) is 0 Å². The zero-order valence-corrected chi connectivity index (χ0v) is 13.2. The molecule has 118 valence electrons. The van der Waals surface area contributed by atoms with Crippen LogP contribution in [0.3, 0.4) is 0 Å². The predicted octanol–water partition coefficient (Wildman–Crippen LogP) is 2.37. The zero-order valence-electron chi connectivity index (χ0n) is 13.2. The average molecular weight is 300 g/mol. The van der Waals surface area contributed by atoms with Crippen molar-refractivity contribution >= 4 is 11.8 Å². The van der Waals surface area contributed by atoms with Crippen molar-refractivity contribution in [1.29, 1.82) is 0 Å². The van der Waals surface area contributed by atoms with Gasteiger partial charge in [0, 0.05) is 36.9 Å². The Morgan fingerprint density at radius 2 is 2.27 bits per heavy atom. The molecule has 0 bridgehead atoms. The molecule has 2 amide bonds. The third kappa shape index (κ3) is 2.53. The minimum Gasteiger partial charge on any atom is -0.352 e. The van der Waals surface area contributed by atoms with E-state index in [0.717, 1.165) is 25.3 Å². The highest BCUT2D eigenvalue weighted by Gasteiger charge is 2.35. The molecule has 1 saturated carbocycles. The van der Waals surface area contributed by atoms with E-state index in [1.165, 1.54) is 24.8 Å². The smallest absolute Gasteiger partial charge is 0.317 e. The molecule has 2 aliphatic heterocycles. The maximum absolute atomic E-state index is 12.7. The number of amides is 2. The number of nitrogens with zero attached hydrogens (tertiary/aromatic N) is 3. The van der Waals surface area contributed by atoms with Crippen molar-refractivity contribution in [3.8, 4) is 0 Å². The number of hydrogen-bond donors (Lipinski definition) is 1. The summed E-state index contributed by atoms with van der Waals surface area (Å²) >= 11 is 0. The van der Waals surface area contributed by atoms with E-state index in [4.69, 9.17) is 0 Å². The molecule has 1 aromatic rings. The minimum atomic E-state index is 0.0861. The van der Waals surface area contributed by atoms with Crippen LogP contribution in [-0.2, 0) is 6.54 Å². The molecule has 0 aromatic carbocycles. The number of nitrogens with one attached hydrogen (secondary N) is 1. The van der Waals surface area contributed by atoms with Gasteiger partial charge < -0.3 is 15.1 Å². The minimum absolute atomic E-state index is 0.0861. The van der Waals surface area contributed by atoms with E-state index < -0.39 is 0 Å². The van der Waals surface area contributed by atoms with E-state index in [0.29, 0.717) is 24.5 Å². The number of anilines is 1. The van der Waals surface area contributed by atoms with Crippen molar-refractivity contribution in [2.75, 3.05) is 18.0 Å². The summed E-state index contributed by atoms with van der Waals surface area (Å²) in [6.45, 7) is 4.66. The molecule has 1 aliphatic carbocycles. The molecule has 5 nitrogen and oxygen atoms in total. The topological polar surface area (TPSA) is 48.5 Å². The predicted molar refractivity (Wildman–Crippen MR) is 85.7 cm³/mol. The van der Waals surface area contributed by atoms with Gasteiger partial charge in [-0.05, 0) is 44.6 Å². The summed E-state index contributed by atoms with van der Waals surface area (Å²) in [6.07, 6.45) is 6.71. The highest BCUT2D eigenvalue weighted by molar-refractivity contribution is 5.75. The first kappa shape index (κ1) is 13.9. The van der Waals surface area contributed by atoms with Crippen LogP contribution in [0, 0.1) is 5.92 Å². The Morgan fingerprint density at radius 3 is 3.09 bits per heavy atom. The van der Waals surface area contributed by atoms with Crippen molar-refractivity contribution < 1.29 is 4.79 Å². The van der Waals surface area contributed by atoms with Gasteiger partial charge in [-0.15, -0.1) is 0 Å². The summed E-state index contributed by atoms with van der Waals surface area (Å²) in [5, 5.41) is 3.20. The van der Waals surface area contributed by atoms with Crippen LogP contribution in [-0.4, -0.2) is 41.1 Å². The Kier molecular flexibility index (Phi) is 3.43. The van der Waals surface area contributed by atoms with Gasteiger partial charge in [-0.25, -0.2) is 9.78 Å². The Morgan fingerprint density at radius 1 is 1.41 bits per heavy atom. The van der Waals surface area contributed by atoms with Crippen LogP contribution in [0.25, 0.3) is 0 Å². The molecule has 5 heteroatoms. The molecule has 1 unspecified atom stereocenters. The third-order valence-corrected chi connectivity index (χ3v) is 5.28. The molecule has 2 fully saturated rings. The molecule has 1 saturated heterocycles. The molecule has 2 atom stereocenters. The van der Waals surface area contributed by atoms with Crippen LogP contribution in [0.2, 0.25) is 0 Å². The summed E-state index contributed by atoms with van der Waals surface area (Å²) in [4.78, 5) is 21.6. The maximum atomic E-state index is 12.7. The number of carbonyl (C=O) groups is 1. The maximum Gasteiger partial charge on any atom is 0.317 e. The number of pyridine rings is 1. The standard InChI is InChI=1S/C17H24N4O/c1-12(13-6-7-13)19-17(22)20-10-14-4-2-8-18-16(14)21-9-3-5-15(21)11-20/h2,4,8,12-13,15H,3,5-7,9-11H2,1H3,(H,19,22)/t12?,15-/m0/s1. The molecule has 3 heterocycles. The van der Waals surface area contributed by atoms with Gasteiger partial charge in [0.2, 0.25) is 0 Å². The van der Waals surface area contributed by atoms with Gasteiger partial charge in [0.25, 0.3) is 0 Å². The van der Waals surface area contributed by atoms with Gasteiger partial charge in [0.1, 0.15) is 5.82 Å². The number of fused-ring (bicyclic) bond motifs is 3. The quantitative estimate of drug-likeness (QED) is 0.912. The van der Waals surface area contributed by atoms with Crippen molar-refractivity contribution in [3.63, 3.8) is 0 Å². The Hall–Kier alpha value is -1.78. The van der Waals surface area contributed by atoms with Crippen molar-refractivity contribution in [3.05, 3.63) is 23.9 Å². The molecule has 0 spiro atoms. The van der Waals surface area contributed by atoms with E-state index in [2.05, 4.69) is 28.2 Å². The largest absolute Gasteiger partial charge is 0.352 e. The summed E-state index contributed by atoms with van der Waals surface area (Å²) < 4.78 is 0. The number of aromatic nitrogens is 1. The van der Waals surface area contributed by atoms with Crippen molar-refractivity contribution in [2.24, 2.45) is 5.92 Å². The molecule has 0 radical (unpaired) electrons. The number of hydrogen-bond acceptors (Lipinski definition) is 3. The van der Waals surface area contributed by atoms with Crippen LogP contribution in [0.4, 0.5) is 10.6 Å². The second-order valence-corrected chi connectivity index (χ2v) is 6.93. The normalized spacial score (nSPS) is 25.2. The Labute approximate surface area is 131 Å². The van der Waals surface area contributed by atoms with Crippen LogP contribution < -0.4 is 10.2 Å². The summed E-state index contributed by atoms with van der Waals surface area (Å²) in [7, 11) is 0. The first-order valence-electron chi connectivity index (χ1n) is 8.48. The summed E-state index contributed by atoms with van der Waals surface area (Å²) in [5.41, 5.74) is 1.17. The number of carbonyl (C=O) groups excluding carboxylic acids is 1. The van der Waals surface area contributed by atoms with E-state index in [9.17, 15) is 4.79 Å². The van der Waals surface area contributed by atoms with E-state index in [1.54, 1.807) is 0 Å². The lowest BCUT2D eigenvalue weighted by molar-refractivity contribution is 0.188. The van der Waals surface area contributed by atoms with Gasteiger partial charge in [-0.1, -0.05) is 6.07 Å². The third-order valence-electron chi connectivity index (χ3n) is 5.28. The van der Waals surface area contributed by atoms with E-state index >= 15 is 0 Å². The van der Waals surface area contributed by atoms with Gasteiger partial charge in [0.05, 0.1) is 6.54 Å². The van der Waals surface area contributed by atoms with Gasteiger partial charge in [-0.3, -0.25) is 0 Å². The van der Waals surface area contributed by atoms with E-state index in [-0.39, 0.29) is 6.03 Å². The number of rotatable bonds is 2. The Balaban J connectivity index is 1.55. The molecular formula is C17H24N4O. The highest BCUT2D eigenvalue weighted by atomic mass is 16.2. The van der Waals surface area contributed by atoms with Crippen LogP contribution >= 0.6 is 0 Å². The second-order valence-electron chi connectivity index (χ2n) is 6.93. The van der Waals surface area contributed by atoms with Gasteiger partial charge >= 0.3 is 6.03 Å². The summed E-state index contributed by atoms with van der Waals surface area (Å²) in [5.74, 6) is 1.77. The molecule has 1 aromatic heterocycles. The van der Waals surface area contributed by atoms with Crippen LogP contribution in [0.15, 0.2) is 18.3 Å². The fourth-order valence-corrected chi connectivity index (χ4v) is 3.80. The van der Waals surface area contributed by atoms with E-state index in [1.807, 2.05) is 17.2 Å². The summed E-state index contributed by atoms with van der Waals surface area (Å²) in [6, 6.07) is 4.87. The van der Waals surface area contributed by atoms with Crippen molar-refractivity contribution in [2.45, 2.75) is 51.2 Å². The lowest BCUT2D eigenvalue weighted by atomic mass is 10.2.